The van der Waals surface area contributed by atoms with Gasteiger partial charge in [-0.05, 0) is 33.8 Å². The second-order valence-corrected chi connectivity index (χ2v) is 7.00. The Labute approximate surface area is 163 Å². The van der Waals surface area contributed by atoms with Crippen LogP contribution >= 0.6 is 11.6 Å². The molecule has 0 aromatic carbocycles. The number of halogens is 1. The lowest BCUT2D eigenvalue weighted by molar-refractivity contribution is 0.0778. The molecule has 0 saturated heterocycles. The fraction of sp³-hybridized carbons (Fsp3) is 0.444. The molecule has 0 unspecified atom stereocenters. The summed E-state index contributed by atoms with van der Waals surface area (Å²) in [6.45, 7) is 9.45. The van der Waals surface area contributed by atoms with Crippen LogP contribution in [-0.2, 0) is 19.8 Å². The van der Waals surface area contributed by atoms with Crippen LogP contribution in [0.5, 0.6) is 0 Å². The van der Waals surface area contributed by atoms with Crippen molar-refractivity contribution in [2.75, 3.05) is 7.05 Å². The van der Waals surface area contributed by atoms with Gasteiger partial charge in [-0.3, -0.25) is 14.2 Å². The highest BCUT2D eigenvalue weighted by atomic mass is 35.5. The summed E-state index contributed by atoms with van der Waals surface area (Å²) >= 11 is 6.18. The number of rotatable bonds is 6. The molecule has 0 aliphatic heterocycles. The van der Waals surface area contributed by atoms with Gasteiger partial charge in [-0.1, -0.05) is 11.6 Å². The molecule has 144 valence electrons. The van der Waals surface area contributed by atoms with Gasteiger partial charge in [0, 0.05) is 38.1 Å². The molecule has 0 aliphatic carbocycles. The van der Waals surface area contributed by atoms with Crippen molar-refractivity contribution < 1.29 is 4.79 Å². The number of carbonyl (C=O) groups excluding carboxylic acids is 1. The molecule has 0 atom stereocenters. The molecule has 1 amide bonds. The lowest BCUT2D eigenvalue weighted by atomic mass is 10.2. The third kappa shape index (κ3) is 3.90. The Morgan fingerprint density at radius 3 is 2.48 bits per heavy atom. The Morgan fingerprint density at radius 2 is 1.89 bits per heavy atom. The minimum absolute atomic E-state index is 0.135. The van der Waals surface area contributed by atoms with Gasteiger partial charge in [0.15, 0.2) is 0 Å². The van der Waals surface area contributed by atoms with Gasteiger partial charge >= 0.3 is 0 Å². The summed E-state index contributed by atoms with van der Waals surface area (Å²) < 4.78 is 5.32. The Balaban J connectivity index is 1.70. The molecule has 0 saturated carbocycles. The van der Waals surface area contributed by atoms with Crippen LogP contribution < -0.4 is 0 Å². The van der Waals surface area contributed by atoms with Gasteiger partial charge in [-0.2, -0.15) is 15.3 Å². The normalized spacial score (nSPS) is 11.2. The van der Waals surface area contributed by atoms with E-state index < -0.39 is 0 Å². The molecule has 0 bridgehead atoms. The van der Waals surface area contributed by atoms with E-state index in [0.717, 1.165) is 29.2 Å². The molecule has 0 radical (unpaired) electrons. The van der Waals surface area contributed by atoms with Crippen molar-refractivity contribution in [1.82, 2.24) is 34.2 Å². The first-order chi connectivity index (χ1) is 12.8. The third-order valence-corrected chi connectivity index (χ3v) is 5.11. The minimum Gasteiger partial charge on any atom is -0.336 e. The molecule has 0 aliphatic rings. The van der Waals surface area contributed by atoms with Crippen molar-refractivity contribution in [3.8, 4) is 0 Å². The molecule has 3 aromatic heterocycles. The molecule has 0 fully saturated rings. The monoisotopic (exact) mass is 389 g/mol. The van der Waals surface area contributed by atoms with Crippen LogP contribution in [-0.4, -0.2) is 47.2 Å². The van der Waals surface area contributed by atoms with Gasteiger partial charge in [-0.25, -0.2) is 4.68 Å². The second-order valence-electron chi connectivity index (χ2n) is 6.62. The van der Waals surface area contributed by atoms with Crippen molar-refractivity contribution in [3.05, 3.63) is 51.8 Å². The number of amides is 1. The van der Waals surface area contributed by atoms with Crippen molar-refractivity contribution in [3.63, 3.8) is 0 Å². The Bertz CT molecular complexity index is 969. The molecule has 9 heteroatoms. The average molecular weight is 390 g/mol. The van der Waals surface area contributed by atoms with E-state index in [1.165, 1.54) is 0 Å². The Hall–Kier alpha value is -2.61. The predicted molar refractivity (Wildman–Crippen MR) is 103 cm³/mol. The number of carbonyl (C=O) groups is 1. The largest absolute Gasteiger partial charge is 0.336 e. The van der Waals surface area contributed by atoms with E-state index in [4.69, 9.17) is 11.6 Å². The fourth-order valence-corrected chi connectivity index (χ4v) is 3.04. The van der Waals surface area contributed by atoms with Gasteiger partial charge in [0.05, 0.1) is 22.1 Å². The summed E-state index contributed by atoms with van der Waals surface area (Å²) in [7, 11) is 1.77. The molecule has 3 heterocycles. The smallest absolute Gasteiger partial charge is 0.274 e. The van der Waals surface area contributed by atoms with Crippen molar-refractivity contribution >= 4 is 17.5 Å². The van der Waals surface area contributed by atoms with Crippen LogP contribution in [0.2, 0.25) is 5.02 Å². The van der Waals surface area contributed by atoms with E-state index in [0.29, 0.717) is 23.9 Å². The van der Waals surface area contributed by atoms with Crippen molar-refractivity contribution in [2.24, 2.45) is 0 Å². The molecule has 27 heavy (non-hydrogen) atoms. The summed E-state index contributed by atoms with van der Waals surface area (Å²) in [5.74, 6) is -0.135. The van der Waals surface area contributed by atoms with Gasteiger partial charge in [0.2, 0.25) is 0 Å². The number of hydrogen-bond acceptors (Lipinski definition) is 4. The summed E-state index contributed by atoms with van der Waals surface area (Å²) in [4.78, 5) is 14.4. The van der Waals surface area contributed by atoms with Crippen LogP contribution in [0.15, 0.2) is 18.5 Å². The van der Waals surface area contributed by atoms with E-state index in [-0.39, 0.29) is 5.91 Å². The molecular weight excluding hydrogens is 366 g/mol. The van der Waals surface area contributed by atoms with Crippen molar-refractivity contribution in [1.29, 1.82) is 0 Å². The highest BCUT2D eigenvalue weighted by Gasteiger charge is 2.17. The topological polar surface area (TPSA) is 73.8 Å². The molecule has 3 aromatic rings. The molecular formula is C18H24ClN7O. The number of hydrogen-bond donors (Lipinski definition) is 0. The highest BCUT2D eigenvalue weighted by Crippen LogP contribution is 2.19. The first-order valence-corrected chi connectivity index (χ1v) is 9.19. The second kappa shape index (κ2) is 7.56. The third-order valence-electron chi connectivity index (χ3n) is 4.56. The van der Waals surface area contributed by atoms with Crippen LogP contribution in [0.25, 0.3) is 0 Å². The van der Waals surface area contributed by atoms with Gasteiger partial charge in [-0.15, -0.1) is 0 Å². The van der Waals surface area contributed by atoms with E-state index >= 15 is 0 Å². The van der Waals surface area contributed by atoms with Crippen LogP contribution in [0.3, 0.4) is 0 Å². The molecule has 0 spiro atoms. The van der Waals surface area contributed by atoms with Crippen LogP contribution in [0.4, 0.5) is 0 Å². The van der Waals surface area contributed by atoms with Crippen molar-refractivity contribution in [2.45, 2.75) is 47.5 Å². The van der Waals surface area contributed by atoms with Gasteiger partial charge in [0.25, 0.3) is 5.91 Å². The summed E-state index contributed by atoms with van der Waals surface area (Å²) in [5.41, 5.74) is 4.01. The van der Waals surface area contributed by atoms with Gasteiger partial charge < -0.3 is 4.90 Å². The number of aryl methyl sites for hydroxylation is 3. The standard InChI is InChI=1S/C18H24ClN7O/c1-6-24-10-15(12(2)20-24)9-23(5)18(27)16-7-8-25(22-16)11-26-14(4)17(19)13(3)21-26/h7-8,10H,6,9,11H2,1-5H3. The van der Waals surface area contributed by atoms with E-state index in [1.807, 2.05) is 38.6 Å². The summed E-state index contributed by atoms with van der Waals surface area (Å²) in [6.07, 6.45) is 3.75. The average Bonchev–Trinajstić information content (AvgIpc) is 3.31. The van der Waals surface area contributed by atoms with E-state index in [9.17, 15) is 4.79 Å². The maximum absolute atomic E-state index is 12.7. The molecule has 0 N–H and O–H groups in total. The van der Waals surface area contributed by atoms with E-state index in [2.05, 4.69) is 15.3 Å². The quantitative estimate of drug-likeness (QED) is 0.649. The minimum atomic E-state index is -0.135. The number of aromatic nitrogens is 6. The van der Waals surface area contributed by atoms with E-state index in [1.54, 1.807) is 33.6 Å². The lowest BCUT2D eigenvalue weighted by Gasteiger charge is -2.15. The first kappa shape index (κ1) is 19.2. The fourth-order valence-electron chi connectivity index (χ4n) is 2.90. The number of nitrogens with zero attached hydrogens (tertiary/aromatic N) is 7. The zero-order valence-corrected chi connectivity index (χ0v) is 17.0. The lowest BCUT2D eigenvalue weighted by Crippen LogP contribution is -2.27. The zero-order valence-electron chi connectivity index (χ0n) is 16.3. The van der Waals surface area contributed by atoms with Gasteiger partial charge in [0.1, 0.15) is 12.4 Å². The zero-order chi connectivity index (χ0) is 19.7. The Morgan fingerprint density at radius 1 is 1.15 bits per heavy atom. The first-order valence-electron chi connectivity index (χ1n) is 8.81. The Kier molecular flexibility index (Phi) is 5.36. The summed E-state index contributed by atoms with van der Waals surface area (Å²) in [5, 5.41) is 13.9. The molecule has 3 rings (SSSR count). The maximum Gasteiger partial charge on any atom is 0.274 e. The van der Waals surface area contributed by atoms with Crippen LogP contribution in [0.1, 0.15) is 40.1 Å². The highest BCUT2D eigenvalue weighted by molar-refractivity contribution is 6.31. The SMILES string of the molecule is CCn1cc(CN(C)C(=O)c2ccn(Cn3nc(C)c(Cl)c3C)n2)c(C)n1. The maximum atomic E-state index is 12.7. The predicted octanol–water partition coefficient (Wildman–Crippen LogP) is 2.65. The molecule has 8 nitrogen and oxygen atoms in total. The summed E-state index contributed by atoms with van der Waals surface area (Å²) in [6, 6.07) is 1.72. The van der Waals surface area contributed by atoms with Crippen LogP contribution in [0, 0.1) is 20.8 Å².